The molecule has 23 heavy (non-hydrogen) atoms. The molecule has 1 aromatic rings. The Morgan fingerprint density at radius 2 is 2.04 bits per heavy atom. The van der Waals surface area contributed by atoms with Gasteiger partial charge in [-0.1, -0.05) is 19.4 Å². The highest BCUT2D eigenvalue weighted by Gasteiger charge is 2.31. The fourth-order valence-corrected chi connectivity index (χ4v) is 3.83. The lowest BCUT2D eigenvalue weighted by molar-refractivity contribution is -0.133. The lowest BCUT2D eigenvalue weighted by Crippen LogP contribution is -2.49. The fraction of sp³-hybridized carbons (Fsp3) is 0.632. The second kappa shape index (κ2) is 7.35. The minimum atomic E-state index is 0.333. The van der Waals surface area contributed by atoms with E-state index in [0.29, 0.717) is 18.4 Å². The number of amides is 1. The van der Waals surface area contributed by atoms with Gasteiger partial charge in [-0.25, -0.2) is 0 Å². The molecule has 0 radical (unpaired) electrons. The summed E-state index contributed by atoms with van der Waals surface area (Å²) in [5.74, 6) is 1.28. The first-order valence-electron chi connectivity index (χ1n) is 8.91. The lowest BCUT2D eigenvalue weighted by atomic mass is 10.1. The van der Waals surface area contributed by atoms with Crippen molar-refractivity contribution in [1.29, 1.82) is 0 Å². The van der Waals surface area contributed by atoms with Gasteiger partial charge in [0.25, 0.3) is 0 Å². The highest BCUT2D eigenvalue weighted by Crippen LogP contribution is 2.38. The van der Waals surface area contributed by atoms with E-state index in [1.165, 1.54) is 17.5 Å². The van der Waals surface area contributed by atoms with E-state index >= 15 is 0 Å². The molecule has 0 N–H and O–H groups in total. The Morgan fingerprint density at radius 3 is 2.74 bits per heavy atom. The van der Waals surface area contributed by atoms with Crippen molar-refractivity contribution in [3.8, 4) is 5.75 Å². The van der Waals surface area contributed by atoms with Gasteiger partial charge in [-0.05, 0) is 42.5 Å². The van der Waals surface area contributed by atoms with Gasteiger partial charge < -0.3 is 9.64 Å². The first kappa shape index (κ1) is 16.3. The summed E-state index contributed by atoms with van der Waals surface area (Å²) in [6.07, 6.45) is 5.15. The molecule has 4 nitrogen and oxygen atoms in total. The van der Waals surface area contributed by atoms with Crippen molar-refractivity contribution in [2.24, 2.45) is 0 Å². The Labute approximate surface area is 139 Å². The number of aryl methyl sites for hydroxylation is 1. The third-order valence-electron chi connectivity index (χ3n) is 5.25. The summed E-state index contributed by atoms with van der Waals surface area (Å²) >= 11 is 0. The number of rotatable bonds is 5. The predicted molar refractivity (Wildman–Crippen MR) is 91.7 cm³/mol. The van der Waals surface area contributed by atoms with Crippen molar-refractivity contribution in [2.45, 2.75) is 45.1 Å². The van der Waals surface area contributed by atoms with Gasteiger partial charge in [0.15, 0.2) is 0 Å². The van der Waals surface area contributed by atoms with E-state index in [-0.39, 0.29) is 0 Å². The molecule has 1 heterocycles. The Kier molecular flexibility index (Phi) is 5.21. The van der Waals surface area contributed by atoms with Gasteiger partial charge >= 0.3 is 0 Å². The van der Waals surface area contributed by atoms with Crippen LogP contribution < -0.4 is 4.74 Å². The molecule has 2 aliphatic rings. The molecule has 4 heteroatoms. The van der Waals surface area contributed by atoms with Gasteiger partial charge in [0.2, 0.25) is 5.91 Å². The quantitative estimate of drug-likeness (QED) is 0.837. The Morgan fingerprint density at radius 1 is 1.26 bits per heavy atom. The molecule has 0 spiro atoms. The number of fused-ring (bicyclic) bond motifs is 1. The molecule has 126 valence electrons. The zero-order valence-corrected chi connectivity index (χ0v) is 14.4. The number of carbonyl (C=O) groups excluding carboxylic acids is 1. The summed E-state index contributed by atoms with van der Waals surface area (Å²) < 4.78 is 5.39. The first-order valence-corrected chi connectivity index (χ1v) is 8.91. The number of piperazine rings is 1. The summed E-state index contributed by atoms with van der Waals surface area (Å²) in [4.78, 5) is 16.8. The minimum Gasteiger partial charge on any atom is -0.497 e. The number of benzene rings is 1. The number of ether oxygens (including phenoxy) is 1. The van der Waals surface area contributed by atoms with E-state index in [4.69, 9.17) is 4.74 Å². The second-order valence-corrected chi connectivity index (χ2v) is 6.64. The van der Waals surface area contributed by atoms with E-state index in [2.05, 4.69) is 30.0 Å². The van der Waals surface area contributed by atoms with Crippen LogP contribution in [0.25, 0.3) is 0 Å². The van der Waals surface area contributed by atoms with Crippen LogP contribution in [0.4, 0.5) is 0 Å². The maximum Gasteiger partial charge on any atom is 0.222 e. The third kappa shape index (κ3) is 3.52. The number of unbranched alkanes of at least 4 members (excludes halogenated alkanes) is 1. The molecule has 0 bridgehead atoms. The summed E-state index contributed by atoms with van der Waals surface area (Å²) in [5, 5.41) is 0. The minimum absolute atomic E-state index is 0.333. The van der Waals surface area contributed by atoms with Gasteiger partial charge in [0.1, 0.15) is 5.75 Å². The van der Waals surface area contributed by atoms with E-state index in [0.717, 1.165) is 51.2 Å². The number of nitrogens with zero attached hydrogens (tertiary/aromatic N) is 2. The number of hydrogen-bond acceptors (Lipinski definition) is 3. The van der Waals surface area contributed by atoms with Crippen LogP contribution in [0.15, 0.2) is 18.2 Å². The highest BCUT2D eigenvalue weighted by molar-refractivity contribution is 5.76. The summed E-state index contributed by atoms with van der Waals surface area (Å²) in [6, 6.07) is 6.96. The lowest BCUT2D eigenvalue weighted by Gasteiger charge is -2.38. The average molecular weight is 316 g/mol. The molecule has 0 saturated carbocycles. The van der Waals surface area contributed by atoms with Crippen LogP contribution in [-0.2, 0) is 11.2 Å². The van der Waals surface area contributed by atoms with Crippen LogP contribution in [0.2, 0.25) is 0 Å². The Balaban J connectivity index is 1.60. The SMILES string of the molecule is CCCCC(=O)N1CCN([C@H]2CCc3ccc(OC)cc32)CC1. The molecule has 3 rings (SSSR count). The molecule has 1 aliphatic heterocycles. The molecular weight excluding hydrogens is 288 g/mol. The van der Waals surface area contributed by atoms with Crippen molar-refractivity contribution in [2.75, 3.05) is 33.3 Å². The smallest absolute Gasteiger partial charge is 0.222 e. The third-order valence-corrected chi connectivity index (χ3v) is 5.25. The van der Waals surface area contributed by atoms with Crippen molar-refractivity contribution in [3.63, 3.8) is 0 Å². The maximum absolute atomic E-state index is 12.2. The zero-order chi connectivity index (χ0) is 16.2. The van der Waals surface area contributed by atoms with Crippen LogP contribution in [0.1, 0.15) is 49.8 Å². The first-order chi connectivity index (χ1) is 11.2. The maximum atomic E-state index is 12.2. The van der Waals surface area contributed by atoms with E-state index < -0.39 is 0 Å². The predicted octanol–water partition coefficient (Wildman–Crippen LogP) is 3.02. The Hall–Kier alpha value is -1.55. The van der Waals surface area contributed by atoms with Gasteiger partial charge in [-0.3, -0.25) is 9.69 Å². The van der Waals surface area contributed by atoms with Crippen LogP contribution in [0.3, 0.4) is 0 Å². The van der Waals surface area contributed by atoms with Crippen molar-refractivity contribution in [3.05, 3.63) is 29.3 Å². The van der Waals surface area contributed by atoms with Gasteiger partial charge in [-0.15, -0.1) is 0 Å². The zero-order valence-electron chi connectivity index (χ0n) is 14.4. The highest BCUT2D eigenvalue weighted by atomic mass is 16.5. The van der Waals surface area contributed by atoms with Gasteiger partial charge in [0, 0.05) is 38.6 Å². The second-order valence-electron chi connectivity index (χ2n) is 6.64. The molecule has 1 fully saturated rings. The molecule has 0 unspecified atom stereocenters. The largest absolute Gasteiger partial charge is 0.497 e. The molecule has 1 aliphatic carbocycles. The summed E-state index contributed by atoms with van der Waals surface area (Å²) in [5.41, 5.74) is 2.88. The molecule has 1 saturated heterocycles. The van der Waals surface area contributed by atoms with Crippen molar-refractivity contribution >= 4 is 5.91 Å². The van der Waals surface area contributed by atoms with Crippen molar-refractivity contribution < 1.29 is 9.53 Å². The topological polar surface area (TPSA) is 32.8 Å². The normalized spacial score (nSPS) is 21.3. The number of carbonyl (C=O) groups is 1. The fourth-order valence-electron chi connectivity index (χ4n) is 3.83. The van der Waals surface area contributed by atoms with E-state index in [1.807, 2.05) is 4.90 Å². The molecule has 1 atom stereocenters. The summed E-state index contributed by atoms with van der Waals surface area (Å²) in [7, 11) is 1.73. The number of hydrogen-bond donors (Lipinski definition) is 0. The van der Waals surface area contributed by atoms with Gasteiger partial charge in [0.05, 0.1) is 7.11 Å². The van der Waals surface area contributed by atoms with E-state index in [9.17, 15) is 4.79 Å². The molecule has 1 amide bonds. The monoisotopic (exact) mass is 316 g/mol. The summed E-state index contributed by atoms with van der Waals surface area (Å²) in [6.45, 7) is 5.85. The number of methoxy groups -OCH3 is 1. The molecule has 0 aromatic heterocycles. The average Bonchev–Trinajstić information content (AvgIpc) is 3.02. The van der Waals surface area contributed by atoms with E-state index in [1.54, 1.807) is 7.11 Å². The van der Waals surface area contributed by atoms with Crippen LogP contribution in [-0.4, -0.2) is 49.0 Å². The molecule has 1 aromatic carbocycles. The van der Waals surface area contributed by atoms with Crippen LogP contribution >= 0.6 is 0 Å². The van der Waals surface area contributed by atoms with Crippen LogP contribution in [0.5, 0.6) is 5.75 Å². The van der Waals surface area contributed by atoms with Crippen molar-refractivity contribution in [1.82, 2.24) is 9.80 Å². The molecular formula is C19H28N2O2. The Bertz CT molecular complexity index is 550. The van der Waals surface area contributed by atoms with Crippen LogP contribution in [0, 0.1) is 0 Å². The standard InChI is InChI=1S/C19H28N2O2/c1-3-4-5-19(22)21-12-10-20(11-13-21)18-9-7-15-6-8-16(23-2)14-17(15)18/h6,8,14,18H,3-5,7,9-13H2,1-2H3/t18-/m0/s1. The van der Waals surface area contributed by atoms with Gasteiger partial charge in [-0.2, -0.15) is 0 Å².